The topological polar surface area (TPSA) is 36.1 Å². The Balaban J connectivity index is 1.71. The molecule has 1 aromatic heterocycles. The third kappa shape index (κ3) is 2.06. The number of aromatic nitrogens is 1. The van der Waals surface area contributed by atoms with Gasteiger partial charge in [-0.25, -0.2) is 0 Å². The number of hydrogen-bond acceptors (Lipinski definition) is 1. The van der Waals surface area contributed by atoms with Gasteiger partial charge in [0.25, 0.3) is 5.91 Å². The van der Waals surface area contributed by atoms with E-state index in [1.54, 1.807) is 0 Å². The van der Waals surface area contributed by atoms with E-state index in [-0.39, 0.29) is 11.3 Å². The van der Waals surface area contributed by atoms with Crippen LogP contribution in [0.5, 0.6) is 0 Å². The van der Waals surface area contributed by atoms with Crippen LogP contribution in [0.15, 0.2) is 30.5 Å². The van der Waals surface area contributed by atoms with Crippen molar-refractivity contribution in [2.75, 3.05) is 6.54 Å². The fraction of sp³-hybridized carbons (Fsp3) is 0.526. The summed E-state index contributed by atoms with van der Waals surface area (Å²) in [5.74, 6) is 0.194. The van der Waals surface area contributed by atoms with E-state index in [4.69, 9.17) is 0 Å². The molecule has 3 nitrogen and oxygen atoms in total. The van der Waals surface area contributed by atoms with Crippen LogP contribution in [-0.4, -0.2) is 28.4 Å². The Kier molecular flexibility index (Phi) is 2.76. The van der Waals surface area contributed by atoms with E-state index in [9.17, 15) is 4.79 Å². The third-order valence-electron chi connectivity index (χ3n) is 5.49. The number of benzene rings is 1. The van der Waals surface area contributed by atoms with Crippen LogP contribution in [0, 0.1) is 10.8 Å². The monoisotopic (exact) mass is 296 g/mol. The standard InChI is InChI=1S/C19H24N2O/c1-18(2)9-14-10-19(3,11-18)12-21(14)17(22)15-6-4-5-13-7-8-20-16(13)15/h4-8,14,20H,9-12H2,1-3H3. The summed E-state index contributed by atoms with van der Waals surface area (Å²) in [5.41, 5.74) is 2.41. The van der Waals surface area contributed by atoms with Gasteiger partial charge in [0.15, 0.2) is 0 Å². The molecule has 1 aliphatic heterocycles. The minimum absolute atomic E-state index is 0.194. The second-order valence-electron chi connectivity index (χ2n) is 8.39. The summed E-state index contributed by atoms with van der Waals surface area (Å²) in [6, 6.07) is 8.41. The van der Waals surface area contributed by atoms with Gasteiger partial charge >= 0.3 is 0 Å². The highest BCUT2D eigenvalue weighted by Crippen LogP contribution is 2.52. The number of rotatable bonds is 1. The Morgan fingerprint density at radius 2 is 2.05 bits per heavy atom. The van der Waals surface area contributed by atoms with Crippen molar-refractivity contribution in [2.45, 2.75) is 46.1 Å². The van der Waals surface area contributed by atoms with Crippen LogP contribution in [-0.2, 0) is 0 Å². The number of carbonyl (C=O) groups is 1. The first-order valence-corrected chi connectivity index (χ1v) is 8.24. The van der Waals surface area contributed by atoms with Crippen LogP contribution in [0.25, 0.3) is 10.9 Å². The van der Waals surface area contributed by atoms with E-state index in [1.807, 2.05) is 24.4 Å². The van der Waals surface area contributed by atoms with Crippen molar-refractivity contribution < 1.29 is 4.79 Å². The van der Waals surface area contributed by atoms with Crippen molar-refractivity contribution in [3.63, 3.8) is 0 Å². The van der Waals surface area contributed by atoms with E-state index in [2.05, 4.69) is 36.7 Å². The number of para-hydroxylation sites is 1. The fourth-order valence-electron chi connectivity index (χ4n) is 5.12. The van der Waals surface area contributed by atoms with Gasteiger partial charge in [-0.05, 0) is 42.2 Å². The molecule has 4 rings (SSSR count). The quantitative estimate of drug-likeness (QED) is 0.841. The van der Waals surface area contributed by atoms with E-state index >= 15 is 0 Å². The molecule has 1 saturated heterocycles. The number of nitrogens with one attached hydrogen (secondary N) is 1. The molecule has 1 amide bonds. The number of carbonyl (C=O) groups excluding carboxylic acids is 1. The lowest BCUT2D eigenvalue weighted by molar-refractivity contribution is 0.0710. The molecule has 0 radical (unpaired) electrons. The van der Waals surface area contributed by atoms with Crippen LogP contribution >= 0.6 is 0 Å². The van der Waals surface area contributed by atoms with Gasteiger partial charge in [0.05, 0.1) is 11.1 Å². The SMILES string of the molecule is CC1(C)CC2CC(C)(CN2C(=O)c2cccc3cc[nH]c23)C1. The van der Waals surface area contributed by atoms with Crippen molar-refractivity contribution in [1.29, 1.82) is 0 Å². The minimum Gasteiger partial charge on any atom is -0.361 e. The molecule has 2 aromatic rings. The second-order valence-corrected chi connectivity index (χ2v) is 8.39. The van der Waals surface area contributed by atoms with E-state index in [1.165, 1.54) is 6.42 Å². The minimum atomic E-state index is 0.194. The molecule has 2 unspecified atom stereocenters. The lowest BCUT2D eigenvalue weighted by atomic mass is 9.65. The van der Waals surface area contributed by atoms with Crippen molar-refractivity contribution in [3.8, 4) is 0 Å². The van der Waals surface area contributed by atoms with Crippen LogP contribution in [0.4, 0.5) is 0 Å². The molecule has 116 valence electrons. The van der Waals surface area contributed by atoms with Gasteiger partial charge < -0.3 is 9.88 Å². The molecule has 22 heavy (non-hydrogen) atoms. The average molecular weight is 296 g/mol. The first-order valence-electron chi connectivity index (χ1n) is 8.24. The van der Waals surface area contributed by atoms with Gasteiger partial charge in [-0.15, -0.1) is 0 Å². The lowest BCUT2D eigenvalue weighted by Gasteiger charge is -2.39. The highest BCUT2D eigenvalue weighted by molar-refractivity contribution is 6.05. The zero-order valence-electron chi connectivity index (χ0n) is 13.6. The number of likely N-dealkylation sites (tertiary alicyclic amines) is 1. The second kappa shape index (κ2) is 4.37. The normalized spacial score (nSPS) is 30.0. The summed E-state index contributed by atoms with van der Waals surface area (Å²) in [6.07, 6.45) is 5.40. The molecule has 2 bridgehead atoms. The number of hydrogen-bond donors (Lipinski definition) is 1. The number of aromatic amines is 1. The summed E-state index contributed by atoms with van der Waals surface area (Å²) in [4.78, 5) is 18.5. The van der Waals surface area contributed by atoms with Gasteiger partial charge in [-0.3, -0.25) is 4.79 Å². The molecule has 1 saturated carbocycles. The predicted molar refractivity (Wildman–Crippen MR) is 88.9 cm³/mol. The molecule has 3 heteroatoms. The van der Waals surface area contributed by atoms with Crippen molar-refractivity contribution in [3.05, 3.63) is 36.0 Å². The van der Waals surface area contributed by atoms with Crippen molar-refractivity contribution in [2.24, 2.45) is 10.8 Å². The first-order chi connectivity index (χ1) is 10.4. The van der Waals surface area contributed by atoms with Gasteiger partial charge in [0, 0.05) is 24.2 Å². The maximum absolute atomic E-state index is 13.2. The van der Waals surface area contributed by atoms with Crippen LogP contribution in [0.2, 0.25) is 0 Å². The highest BCUT2D eigenvalue weighted by Gasteiger charge is 2.51. The molecule has 1 aliphatic carbocycles. The molecule has 2 fully saturated rings. The molecule has 2 heterocycles. The van der Waals surface area contributed by atoms with E-state index in [0.29, 0.717) is 11.5 Å². The third-order valence-corrected chi connectivity index (χ3v) is 5.49. The molecule has 2 atom stereocenters. The maximum Gasteiger partial charge on any atom is 0.256 e. The van der Waals surface area contributed by atoms with Crippen molar-refractivity contribution in [1.82, 2.24) is 9.88 Å². The summed E-state index contributed by atoms with van der Waals surface area (Å²) in [5, 5.41) is 1.11. The highest BCUT2D eigenvalue weighted by atomic mass is 16.2. The Bertz CT molecular complexity index is 745. The van der Waals surface area contributed by atoms with E-state index in [0.717, 1.165) is 35.9 Å². The van der Waals surface area contributed by atoms with Crippen LogP contribution in [0.1, 0.15) is 50.4 Å². The summed E-state index contributed by atoms with van der Waals surface area (Å²) < 4.78 is 0. The van der Waals surface area contributed by atoms with Crippen LogP contribution < -0.4 is 0 Å². The van der Waals surface area contributed by atoms with Gasteiger partial charge in [0.1, 0.15) is 0 Å². The summed E-state index contributed by atoms with van der Waals surface area (Å²) in [6.45, 7) is 7.94. The largest absolute Gasteiger partial charge is 0.361 e. The zero-order chi connectivity index (χ0) is 15.5. The Morgan fingerprint density at radius 1 is 1.23 bits per heavy atom. The molecule has 2 aliphatic rings. The number of nitrogens with zero attached hydrogens (tertiary/aromatic N) is 1. The number of amides is 1. The van der Waals surface area contributed by atoms with Gasteiger partial charge in [0.2, 0.25) is 0 Å². The predicted octanol–water partition coefficient (Wildman–Crippen LogP) is 4.21. The molecular weight excluding hydrogens is 272 g/mol. The van der Waals surface area contributed by atoms with Gasteiger partial charge in [-0.1, -0.05) is 32.9 Å². The molecule has 1 aromatic carbocycles. The van der Waals surface area contributed by atoms with Gasteiger partial charge in [-0.2, -0.15) is 0 Å². The average Bonchev–Trinajstić information content (AvgIpc) is 2.98. The summed E-state index contributed by atoms with van der Waals surface area (Å²) >= 11 is 0. The molecule has 1 N–H and O–H groups in total. The Morgan fingerprint density at radius 3 is 2.86 bits per heavy atom. The smallest absolute Gasteiger partial charge is 0.256 e. The molecule has 0 spiro atoms. The maximum atomic E-state index is 13.2. The van der Waals surface area contributed by atoms with E-state index < -0.39 is 0 Å². The Hall–Kier alpha value is -1.77. The van der Waals surface area contributed by atoms with Crippen molar-refractivity contribution >= 4 is 16.8 Å². The first kappa shape index (κ1) is 13.9. The summed E-state index contributed by atoms with van der Waals surface area (Å²) in [7, 11) is 0. The zero-order valence-corrected chi connectivity index (χ0v) is 13.6. The number of fused-ring (bicyclic) bond motifs is 3. The fourth-order valence-corrected chi connectivity index (χ4v) is 5.12. The number of H-pyrrole nitrogens is 1. The Labute approximate surface area is 131 Å². The molecular formula is C19H24N2O. The van der Waals surface area contributed by atoms with Crippen LogP contribution in [0.3, 0.4) is 0 Å². The lowest BCUT2D eigenvalue weighted by Crippen LogP contribution is -2.37.